The molecular weight excluding hydrogens is 216 g/mol. The summed E-state index contributed by atoms with van der Waals surface area (Å²) in [4.78, 5) is 18.0. The van der Waals surface area contributed by atoms with E-state index in [-0.39, 0.29) is 5.91 Å². The van der Waals surface area contributed by atoms with E-state index in [4.69, 9.17) is 0 Å². The third kappa shape index (κ3) is 1.51. The Labute approximate surface area is 98.4 Å². The fourth-order valence-corrected chi connectivity index (χ4v) is 2.04. The molecule has 1 amide bonds. The van der Waals surface area contributed by atoms with Crippen LogP contribution in [-0.4, -0.2) is 40.0 Å². The number of aliphatic imine (C=N–C) groups is 1. The molecule has 1 aromatic heterocycles. The fraction of sp³-hybridized carbons (Fsp3) is 0.250. The highest BCUT2D eigenvalue weighted by molar-refractivity contribution is 6.05. The molecule has 2 heterocycles. The number of aryl methyl sites for hydroxylation is 1. The van der Waals surface area contributed by atoms with Crippen molar-refractivity contribution >= 4 is 23.0 Å². The summed E-state index contributed by atoms with van der Waals surface area (Å²) in [6, 6.07) is 7.74. The molecule has 3 rings (SSSR count). The Balaban J connectivity index is 2.08. The van der Waals surface area contributed by atoms with Gasteiger partial charge in [0.15, 0.2) is 5.69 Å². The summed E-state index contributed by atoms with van der Waals surface area (Å²) >= 11 is 0. The molecule has 86 valence electrons. The topological polar surface area (TPSA) is 50.5 Å². The van der Waals surface area contributed by atoms with Gasteiger partial charge in [0.1, 0.15) is 6.67 Å². The van der Waals surface area contributed by atoms with Crippen LogP contribution in [0.15, 0.2) is 29.3 Å². The number of fused-ring (bicyclic) bond motifs is 1. The monoisotopic (exact) mass is 228 g/mol. The van der Waals surface area contributed by atoms with Crippen LogP contribution < -0.4 is 0 Å². The lowest BCUT2D eigenvalue weighted by Gasteiger charge is -2.11. The zero-order valence-electron chi connectivity index (χ0n) is 9.50. The van der Waals surface area contributed by atoms with Crippen molar-refractivity contribution in [2.24, 2.45) is 12.0 Å². The minimum absolute atomic E-state index is 0.0562. The third-order valence-electron chi connectivity index (χ3n) is 2.93. The molecule has 0 aliphatic carbocycles. The molecule has 0 saturated carbocycles. The highest BCUT2D eigenvalue weighted by atomic mass is 16.2. The molecule has 0 fully saturated rings. The van der Waals surface area contributed by atoms with Gasteiger partial charge in [0.05, 0.1) is 12.1 Å². The van der Waals surface area contributed by atoms with Crippen LogP contribution in [0, 0.1) is 0 Å². The Morgan fingerprint density at radius 3 is 2.94 bits per heavy atom. The van der Waals surface area contributed by atoms with Crippen LogP contribution in [0.25, 0.3) is 10.9 Å². The predicted octanol–water partition coefficient (Wildman–Crippen LogP) is 1.06. The molecule has 1 aromatic carbocycles. The van der Waals surface area contributed by atoms with E-state index in [0.717, 1.165) is 10.9 Å². The Kier molecular flexibility index (Phi) is 2.18. The number of carbonyl (C=O) groups excluding carboxylic acids is 1. The van der Waals surface area contributed by atoms with Crippen molar-refractivity contribution in [2.75, 3.05) is 13.2 Å². The van der Waals surface area contributed by atoms with Crippen LogP contribution >= 0.6 is 0 Å². The maximum absolute atomic E-state index is 12.2. The molecule has 17 heavy (non-hydrogen) atoms. The largest absolute Gasteiger partial charge is 0.312 e. The maximum atomic E-state index is 12.2. The first-order chi connectivity index (χ1) is 8.27. The van der Waals surface area contributed by atoms with E-state index in [2.05, 4.69) is 10.1 Å². The lowest BCUT2D eigenvalue weighted by molar-refractivity contribution is 0.0791. The van der Waals surface area contributed by atoms with E-state index >= 15 is 0 Å². The fourth-order valence-electron chi connectivity index (χ4n) is 2.04. The van der Waals surface area contributed by atoms with Crippen molar-refractivity contribution in [1.29, 1.82) is 0 Å². The molecule has 1 aliphatic heterocycles. The van der Waals surface area contributed by atoms with Crippen LogP contribution in [0.3, 0.4) is 0 Å². The summed E-state index contributed by atoms with van der Waals surface area (Å²) in [5.74, 6) is -0.0562. The molecule has 1 aliphatic rings. The Morgan fingerprint density at radius 2 is 2.18 bits per heavy atom. The van der Waals surface area contributed by atoms with Crippen LogP contribution in [-0.2, 0) is 7.05 Å². The Morgan fingerprint density at radius 1 is 1.35 bits per heavy atom. The second-order valence-corrected chi connectivity index (χ2v) is 4.02. The number of carbonyl (C=O) groups is 1. The number of hydrogen-bond acceptors (Lipinski definition) is 3. The molecule has 0 N–H and O–H groups in total. The van der Waals surface area contributed by atoms with Gasteiger partial charge >= 0.3 is 0 Å². The first-order valence-corrected chi connectivity index (χ1v) is 5.46. The van der Waals surface area contributed by atoms with Crippen molar-refractivity contribution in [3.8, 4) is 0 Å². The van der Waals surface area contributed by atoms with Gasteiger partial charge in [-0.1, -0.05) is 18.2 Å². The van der Waals surface area contributed by atoms with E-state index in [1.54, 1.807) is 15.8 Å². The number of nitrogens with zero attached hydrogens (tertiary/aromatic N) is 4. The first kappa shape index (κ1) is 10.0. The normalized spacial score (nSPS) is 14.8. The zero-order valence-corrected chi connectivity index (χ0v) is 9.50. The summed E-state index contributed by atoms with van der Waals surface area (Å²) in [6.45, 7) is 1.01. The summed E-state index contributed by atoms with van der Waals surface area (Å²) in [6.07, 6.45) is 1.75. The van der Waals surface area contributed by atoms with E-state index in [0.29, 0.717) is 18.9 Å². The van der Waals surface area contributed by atoms with E-state index < -0.39 is 0 Å². The molecule has 0 unspecified atom stereocenters. The lowest BCUT2D eigenvalue weighted by Crippen LogP contribution is -2.29. The SMILES string of the molecule is Cn1nc(C(=O)N2CC=NC2)c2ccccc21. The molecule has 0 radical (unpaired) electrons. The van der Waals surface area contributed by atoms with Gasteiger partial charge in [-0.25, -0.2) is 0 Å². The highest BCUT2D eigenvalue weighted by Crippen LogP contribution is 2.19. The number of benzene rings is 1. The number of hydrogen-bond donors (Lipinski definition) is 0. The third-order valence-corrected chi connectivity index (χ3v) is 2.93. The second-order valence-electron chi connectivity index (χ2n) is 4.02. The first-order valence-electron chi connectivity index (χ1n) is 5.46. The average Bonchev–Trinajstić information content (AvgIpc) is 2.97. The van der Waals surface area contributed by atoms with Crippen molar-refractivity contribution in [1.82, 2.24) is 14.7 Å². The second kappa shape index (κ2) is 3.69. The van der Waals surface area contributed by atoms with Gasteiger partial charge in [0.2, 0.25) is 0 Å². The van der Waals surface area contributed by atoms with Crippen LogP contribution in [0.1, 0.15) is 10.5 Å². The van der Waals surface area contributed by atoms with Gasteiger partial charge in [-0.05, 0) is 6.07 Å². The summed E-state index contributed by atoms with van der Waals surface area (Å²) in [5, 5.41) is 5.20. The predicted molar refractivity (Wildman–Crippen MR) is 65.1 cm³/mol. The quantitative estimate of drug-likeness (QED) is 0.732. The average molecular weight is 228 g/mol. The lowest BCUT2D eigenvalue weighted by atomic mass is 10.2. The van der Waals surface area contributed by atoms with Gasteiger partial charge in [0.25, 0.3) is 5.91 Å². The number of para-hydroxylation sites is 1. The zero-order chi connectivity index (χ0) is 11.8. The van der Waals surface area contributed by atoms with Gasteiger partial charge in [-0.3, -0.25) is 14.5 Å². The van der Waals surface area contributed by atoms with E-state index in [1.807, 2.05) is 31.3 Å². The Hall–Kier alpha value is -2.17. The van der Waals surface area contributed by atoms with Gasteiger partial charge in [-0.2, -0.15) is 5.10 Å². The minimum Gasteiger partial charge on any atom is -0.312 e. The van der Waals surface area contributed by atoms with Crippen molar-refractivity contribution in [2.45, 2.75) is 0 Å². The molecule has 5 nitrogen and oxygen atoms in total. The number of aromatic nitrogens is 2. The molecule has 2 aromatic rings. The number of rotatable bonds is 1. The van der Waals surface area contributed by atoms with E-state index in [1.165, 1.54) is 0 Å². The van der Waals surface area contributed by atoms with Gasteiger partial charge in [-0.15, -0.1) is 0 Å². The van der Waals surface area contributed by atoms with Crippen LogP contribution in [0.5, 0.6) is 0 Å². The minimum atomic E-state index is -0.0562. The van der Waals surface area contributed by atoms with Gasteiger partial charge in [0, 0.05) is 18.6 Å². The summed E-state index contributed by atoms with van der Waals surface area (Å²) in [5.41, 5.74) is 1.48. The van der Waals surface area contributed by atoms with Crippen molar-refractivity contribution in [3.05, 3.63) is 30.0 Å². The molecule has 0 spiro atoms. The summed E-state index contributed by atoms with van der Waals surface area (Å²) < 4.78 is 1.74. The summed E-state index contributed by atoms with van der Waals surface area (Å²) in [7, 11) is 1.85. The van der Waals surface area contributed by atoms with Crippen molar-refractivity contribution in [3.63, 3.8) is 0 Å². The smallest absolute Gasteiger partial charge is 0.276 e. The number of amides is 1. The molecule has 0 saturated heterocycles. The standard InChI is InChI=1S/C12H12N4O/c1-15-10-5-3-2-4-9(10)11(14-15)12(17)16-7-6-13-8-16/h2-6H,7-8H2,1H3. The van der Waals surface area contributed by atoms with Gasteiger partial charge < -0.3 is 4.90 Å². The van der Waals surface area contributed by atoms with Crippen LogP contribution in [0.2, 0.25) is 0 Å². The molecule has 0 atom stereocenters. The highest BCUT2D eigenvalue weighted by Gasteiger charge is 2.22. The molecule has 0 bridgehead atoms. The van der Waals surface area contributed by atoms with Crippen molar-refractivity contribution < 1.29 is 4.79 Å². The van der Waals surface area contributed by atoms with Crippen LogP contribution in [0.4, 0.5) is 0 Å². The maximum Gasteiger partial charge on any atom is 0.276 e. The molecule has 5 heteroatoms. The molecular formula is C12H12N4O. The Bertz CT molecular complexity index is 606. The van der Waals surface area contributed by atoms with E-state index in [9.17, 15) is 4.79 Å².